The van der Waals surface area contributed by atoms with Crippen LogP contribution in [0.15, 0.2) is 42.6 Å². The quantitative estimate of drug-likeness (QED) is 0.598. The van der Waals surface area contributed by atoms with Crippen molar-refractivity contribution in [1.82, 2.24) is 10.00 Å². The van der Waals surface area contributed by atoms with Gasteiger partial charge in [0.05, 0.1) is 23.6 Å². The molecule has 2 aromatic carbocycles. The summed E-state index contributed by atoms with van der Waals surface area (Å²) in [7, 11) is 1.64. The van der Waals surface area contributed by atoms with Gasteiger partial charge in [0.1, 0.15) is 5.69 Å². The maximum Gasteiger partial charge on any atom is 0.393 e. The number of likely N-dealkylation sites (tertiary alicyclic amines) is 1. The van der Waals surface area contributed by atoms with Crippen molar-refractivity contribution in [3.63, 3.8) is 0 Å². The number of rotatable bonds is 4. The second-order valence-corrected chi connectivity index (χ2v) is 8.67. The number of hydrogen-bond acceptors (Lipinski definition) is 2. The fraction of sp³-hybridized carbons (Fsp3) is 0.320. The smallest absolute Gasteiger partial charge is 0.337 e. The number of carbonyl (C=O) groups excluding carboxylic acids is 1. The third kappa shape index (κ3) is 4.63. The molecule has 1 amide bonds. The lowest BCUT2D eigenvalue weighted by molar-refractivity contribution is -0.726. The minimum absolute atomic E-state index is 0.132. The molecule has 8 heteroatoms. The van der Waals surface area contributed by atoms with Crippen LogP contribution in [0.4, 0.5) is 13.2 Å². The Morgan fingerprint density at radius 3 is 2.45 bits per heavy atom. The number of aromatic nitrogens is 2. The molecule has 0 atom stereocenters. The van der Waals surface area contributed by atoms with E-state index in [2.05, 4.69) is 11.2 Å². The van der Waals surface area contributed by atoms with E-state index in [1.165, 1.54) is 10.9 Å². The van der Waals surface area contributed by atoms with Crippen molar-refractivity contribution in [1.29, 1.82) is 5.26 Å². The maximum absolute atomic E-state index is 13.2. The Bertz CT molecular complexity index is 1250. The van der Waals surface area contributed by atoms with Crippen LogP contribution in [0.25, 0.3) is 11.3 Å². The van der Waals surface area contributed by atoms with E-state index in [0.717, 1.165) is 16.7 Å². The van der Waals surface area contributed by atoms with Gasteiger partial charge in [0.15, 0.2) is 13.2 Å². The van der Waals surface area contributed by atoms with Crippen LogP contribution in [0.1, 0.15) is 44.1 Å². The highest BCUT2D eigenvalue weighted by molar-refractivity contribution is 5.97. The van der Waals surface area contributed by atoms with E-state index >= 15 is 0 Å². The summed E-state index contributed by atoms with van der Waals surface area (Å²) in [6.45, 7) is 4.79. The molecule has 170 valence electrons. The number of benzene rings is 2. The lowest BCUT2D eigenvalue weighted by Gasteiger charge is -2.40. The van der Waals surface area contributed by atoms with E-state index in [4.69, 9.17) is 5.26 Å². The third-order valence-electron chi connectivity index (χ3n) is 6.10. The summed E-state index contributed by atoms with van der Waals surface area (Å²) in [6, 6.07) is 13.0. The van der Waals surface area contributed by atoms with Gasteiger partial charge in [0.2, 0.25) is 0 Å². The van der Waals surface area contributed by atoms with Crippen LogP contribution in [-0.4, -0.2) is 35.2 Å². The first-order valence-electron chi connectivity index (χ1n) is 10.6. The minimum Gasteiger partial charge on any atom is -0.337 e. The Labute approximate surface area is 190 Å². The molecule has 0 aliphatic carbocycles. The zero-order chi connectivity index (χ0) is 23.9. The van der Waals surface area contributed by atoms with Gasteiger partial charge in [0, 0.05) is 30.1 Å². The van der Waals surface area contributed by atoms with E-state index in [1.54, 1.807) is 30.1 Å². The van der Waals surface area contributed by atoms with Gasteiger partial charge < -0.3 is 4.90 Å². The van der Waals surface area contributed by atoms with Gasteiger partial charge in [-0.15, -0.1) is 4.68 Å². The third-order valence-corrected chi connectivity index (χ3v) is 6.10. The topological polar surface area (TPSA) is 63.8 Å². The van der Waals surface area contributed by atoms with E-state index in [0.29, 0.717) is 35.5 Å². The molecular weight excluding hydrogens is 429 g/mol. The second kappa shape index (κ2) is 8.39. The van der Waals surface area contributed by atoms with Crippen molar-refractivity contribution in [2.45, 2.75) is 32.4 Å². The van der Waals surface area contributed by atoms with Crippen LogP contribution in [0.2, 0.25) is 0 Å². The van der Waals surface area contributed by atoms with Gasteiger partial charge in [-0.1, -0.05) is 18.2 Å². The van der Waals surface area contributed by atoms with E-state index in [1.807, 2.05) is 32.0 Å². The maximum atomic E-state index is 13.2. The zero-order valence-corrected chi connectivity index (χ0v) is 18.6. The van der Waals surface area contributed by atoms with Gasteiger partial charge >= 0.3 is 6.18 Å². The van der Waals surface area contributed by atoms with Crippen molar-refractivity contribution in [3.8, 4) is 17.3 Å². The lowest BCUT2D eigenvalue weighted by Crippen LogP contribution is -2.48. The van der Waals surface area contributed by atoms with Crippen LogP contribution < -0.4 is 4.68 Å². The fourth-order valence-electron chi connectivity index (χ4n) is 4.37. The summed E-state index contributed by atoms with van der Waals surface area (Å²) in [4.78, 5) is 15.0. The fourth-order valence-corrected chi connectivity index (χ4v) is 4.37. The van der Waals surface area contributed by atoms with Crippen LogP contribution in [-0.2, 0) is 13.5 Å². The van der Waals surface area contributed by atoms with Gasteiger partial charge in [0.25, 0.3) is 5.91 Å². The molecule has 1 aliphatic heterocycles. The van der Waals surface area contributed by atoms with E-state index in [9.17, 15) is 18.0 Å². The Morgan fingerprint density at radius 1 is 1.18 bits per heavy atom. The Balaban J connectivity index is 1.58. The first-order valence-corrected chi connectivity index (χ1v) is 10.6. The summed E-state index contributed by atoms with van der Waals surface area (Å²) in [5.41, 5.74) is 4.86. The highest BCUT2D eigenvalue weighted by Gasteiger charge is 2.34. The lowest BCUT2D eigenvalue weighted by atomic mass is 9.89. The summed E-state index contributed by atoms with van der Waals surface area (Å²) >= 11 is 0. The molecule has 1 fully saturated rings. The standard InChI is InChI=1S/C25H23F3N4O/c1-15-8-16(2)22(9-21(15)23-19(10-25(26,27)28)12-31(3)30-23)24(33)32-13-20(14-32)18-6-4-17(11-29)5-7-18/h4-9,12,20H,10,13-14H2,1-3H3/p+1. The molecule has 0 saturated carbocycles. The molecule has 2 heterocycles. The number of aryl methyl sites for hydroxylation is 3. The number of nitriles is 1. The molecule has 33 heavy (non-hydrogen) atoms. The van der Waals surface area contributed by atoms with Crippen LogP contribution in [0, 0.1) is 25.2 Å². The Morgan fingerprint density at radius 2 is 1.85 bits per heavy atom. The molecule has 0 spiro atoms. The molecular formula is C25H24F3N4O+. The molecule has 1 saturated heterocycles. The average Bonchev–Trinajstić information content (AvgIpc) is 3.05. The summed E-state index contributed by atoms with van der Waals surface area (Å²) in [5, 5.41) is 11.9. The van der Waals surface area contributed by atoms with Gasteiger partial charge in [-0.3, -0.25) is 4.79 Å². The predicted octanol–water partition coefficient (Wildman–Crippen LogP) is 4.34. The molecule has 1 N–H and O–H groups in total. The Hall–Kier alpha value is -3.60. The number of H-pyrrole nitrogens is 1. The molecule has 0 bridgehead atoms. The van der Waals surface area contributed by atoms with Gasteiger partial charge in [-0.2, -0.15) is 23.5 Å². The van der Waals surface area contributed by atoms with Gasteiger partial charge in [-0.05, 0) is 48.7 Å². The Kier molecular flexibility index (Phi) is 5.75. The molecule has 5 nitrogen and oxygen atoms in total. The van der Waals surface area contributed by atoms with Gasteiger partial charge in [-0.25, -0.2) is 0 Å². The van der Waals surface area contributed by atoms with E-state index < -0.39 is 12.6 Å². The number of carbonyl (C=O) groups is 1. The number of nitrogens with zero attached hydrogens (tertiary/aromatic N) is 3. The number of nitrogens with one attached hydrogen (secondary N) is 1. The number of aromatic amines is 1. The summed E-state index contributed by atoms with van der Waals surface area (Å²) in [5.74, 6) is 0.0692. The molecule has 0 unspecified atom stereocenters. The highest BCUT2D eigenvalue weighted by atomic mass is 19.4. The largest absolute Gasteiger partial charge is 0.393 e. The molecule has 1 aliphatic rings. The van der Waals surface area contributed by atoms with Crippen molar-refractivity contribution in [2.75, 3.05) is 13.1 Å². The first kappa shape index (κ1) is 22.6. The highest BCUT2D eigenvalue weighted by Crippen LogP contribution is 2.33. The first-order chi connectivity index (χ1) is 15.6. The normalized spacial score (nSPS) is 14.2. The monoisotopic (exact) mass is 453 g/mol. The summed E-state index contributed by atoms with van der Waals surface area (Å²) in [6.07, 6.45) is -3.95. The van der Waals surface area contributed by atoms with Crippen molar-refractivity contribution in [3.05, 3.63) is 76.0 Å². The number of halogens is 3. The number of hydrogen-bond donors (Lipinski definition) is 1. The van der Waals surface area contributed by atoms with E-state index in [-0.39, 0.29) is 17.4 Å². The van der Waals surface area contributed by atoms with Crippen LogP contribution >= 0.6 is 0 Å². The molecule has 0 radical (unpaired) electrons. The SMILES string of the molecule is Cc1cc(C)c(-c2[nH][n+](C)cc2CC(F)(F)F)cc1C(=O)N1CC(c2ccc(C#N)cc2)C1. The predicted molar refractivity (Wildman–Crippen MR) is 116 cm³/mol. The van der Waals surface area contributed by atoms with Crippen molar-refractivity contribution >= 4 is 5.91 Å². The minimum atomic E-state index is -4.33. The van der Waals surface area contributed by atoms with Crippen LogP contribution in [0.5, 0.6) is 0 Å². The average molecular weight is 453 g/mol. The van der Waals surface area contributed by atoms with Crippen molar-refractivity contribution < 1.29 is 22.6 Å². The second-order valence-electron chi connectivity index (χ2n) is 8.67. The zero-order valence-electron chi connectivity index (χ0n) is 18.6. The molecule has 1 aromatic heterocycles. The number of alkyl halides is 3. The number of amides is 1. The van der Waals surface area contributed by atoms with Crippen molar-refractivity contribution in [2.24, 2.45) is 7.05 Å². The molecule has 4 rings (SSSR count). The molecule has 3 aromatic rings. The van der Waals surface area contributed by atoms with Crippen LogP contribution in [0.3, 0.4) is 0 Å². The summed E-state index contributed by atoms with van der Waals surface area (Å²) < 4.78 is 40.8.